The summed E-state index contributed by atoms with van der Waals surface area (Å²) >= 11 is 0. The molecule has 0 saturated heterocycles. The average molecular weight is 240 g/mol. The molecule has 0 unspecified atom stereocenters. The van der Waals surface area contributed by atoms with Gasteiger partial charge in [-0.2, -0.15) is 0 Å². The summed E-state index contributed by atoms with van der Waals surface area (Å²) in [6.07, 6.45) is 0.691. The molecule has 0 spiro atoms. The van der Waals surface area contributed by atoms with Crippen molar-refractivity contribution < 1.29 is 14.3 Å². The highest BCUT2D eigenvalue weighted by atomic mass is 16.5. The highest BCUT2D eigenvalue weighted by Gasteiger charge is 2.12. The van der Waals surface area contributed by atoms with Crippen molar-refractivity contribution in [1.29, 1.82) is 0 Å². The van der Waals surface area contributed by atoms with E-state index in [-0.39, 0.29) is 5.78 Å². The van der Waals surface area contributed by atoms with Gasteiger partial charge in [0.05, 0.1) is 7.11 Å². The van der Waals surface area contributed by atoms with Gasteiger partial charge in [0, 0.05) is 16.7 Å². The van der Waals surface area contributed by atoms with Crippen molar-refractivity contribution in [2.45, 2.75) is 0 Å². The Hall–Kier alpha value is -2.42. The molecule has 0 aliphatic heterocycles. The topological polar surface area (TPSA) is 43.4 Å². The number of ketones is 1. The Bertz CT molecular complexity index is 571. The van der Waals surface area contributed by atoms with Crippen molar-refractivity contribution in [3.63, 3.8) is 0 Å². The number of aldehydes is 1. The number of benzene rings is 2. The van der Waals surface area contributed by atoms with Crippen LogP contribution in [0.25, 0.3) is 0 Å². The van der Waals surface area contributed by atoms with Crippen LogP contribution in [0.1, 0.15) is 26.3 Å². The second-order valence-electron chi connectivity index (χ2n) is 3.76. The molecule has 2 aromatic carbocycles. The molecule has 0 aromatic heterocycles. The third-order valence-corrected chi connectivity index (χ3v) is 2.68. The fourth-order valence-electron chi connectivity index (χ4n) is 1.70. The van der Waals surface area contributed by atoms with Crippen molar-refractivity contribution in [1.82, 2.24) is 0 Å². The molecule has 2 aromatic rings. The summed E-state index contributed by atoms with van der Waals surface area (Å²) in [5.41, 5.74) is 1.35. The summed E-state index contributed by atoms with van der Waals surface area (Å²) in [5, 5.41) is 0. The summed E-state index contributed by atoms with van der Waals surface area (Å²) in [4.78, 5) is 23.1. The molecule has 0 radical (unpaired) electrons. The third-order valence-electron chi connectivity index (χ3n) is 2.68. The molecule has 18 heavy (non-hydrogen) atoms. The Morgan fingerprint density at radius 1 is 1.06 bits per heavy atom. The summed E-state index contributed by atoms with van der Waals surface area (Å²) in [5.74, 6) is 0.524. The van der Waals surface area contributed by atoms with Gasteiger partial charge in [-0.05, 0) is 24.3 Å². The number of hydrogen-bond donors (Lipinski definition) is 0. The van der Waals surface area contributed by atoms with E-state index in [2.05, 4.69) is 0 Å². The second kappa shape index (κ2) is 5.27. The zero-order valence-electron chi connectivity index (χ0n) is 9.92. The fraction of sp³-hybridized carbons (Fsp3) is 0.0667. The molecule has 0 aliphatic rings. The molecule has 0 N–H and O–H groups in total. The Morgan fingerprint density at radius 2 is 1.72 bits per heavy atom. The van der Waals surface area contributed by atoms with Gasteiger partial charge in [-0.25, -0.2) is 0 Å². The Balaban J connectivity index is 2.38. The molecule has 2 rings (SSSR count). The lowest BCUT2D eigenvalue weighted by atomic mass is 9.99. The van der Waals surface area contributed by atoms with Crippen LogP contribution in [0.2, 0.25) is 0 Å². The molecule has 3 nitrogen and oxygen atoms in total. The van der Waals surface area contributed by atoms with Crippen molar-refractivity contribution in [3.05, 3.63) is 65.2 Å². The van der Waals surface area contributed by atoms with Crippen LogP contribution in [0.3, 0.4) is 0 Å². The summed E-state index contributed by atoms with van der Waals surface area (Å²) < 4.78 is 5.03. The smallest absolute Gasteiger partial charge is 0.193 e. The largest absolute Gasteiger partial charge is 0.497 e. The standard InChI is InChI=1S/C15H12O3/c1-18-13-8-6-11(7-9-13)15(17)14-5-3-2-4-12(14)10-16/h2-10H,1H3. The van der Waals surface area contributed by atoms with Gasteiger partial charge >= 0.3 is 0 Å². The number of carbonyl (C=O) groups excluding carboxylic acids is 2. The summed E-state index contributed by atoms with van der Waals surface area (Å²) in [6, 6.07) is 13.6. The molecule has 0 heterocycles. The van der Waals surface area contributed by atoms with Crippen LogP contribution in [-0.4, -0.2) is 19.2 Å². The SMILES string of the molecule is COc1ccc(C(=O)c2ccccc2C=O)cc1. The van der Waals surface area contributed by atoms with Crippen LogP contribution in [-0.2, 0) is 0 Å². The number of carbonyl (C=O) groups is 2. The maximum atomic E-state index is 12.2. The van der Waals surface area contributed by atoms with Crippen LogP contribution in [0.5, 0.6) is 5.75 Å². The van der Waals surface area contributed by atoms with Crippen LogP contribution in [0.15, 0.2) is 48.5 Å². The van der Waals surface area contributed by atoms with E-state index in [9.17, 15) is 9.59 Å². The average Bonchev–Trinajstić information content (AvgIpc) is 2.46. The van der Waals surface area contributed by atoms with E-state index in [0.717, 1.165) is 0 Å². The molecule has 0 fully saturated rings. The first-order valence-electron chi connectivity index (χ1n) is 5.49. The van der Waals surface area contributed by atoms with Gasteiger partial charge in [0.15, 0.2) is 12.1 Å². The highest BCUT2D eigenvalue weighted by molar-refractivity contribution is 6.12. The van der Waals surface area contributed by atoms with Crippen LogP contribution >= 0.6 is 0 Å². The first kappa shape index (κ1) is 12.0. The molecule has 0 aliphatic carbocycles. The lowest BCUT2D eigenvalue weighted by molar-refractivity contribution is 0.102. The van der Waals surface area contributed by atoms with Gasteiger partial charge < -0.3 is 4.74 Å². The molecule has 0 saturated carbocycles. The number of methoxy groups -OCH3 is 1. The number of rotatable bonds is 4. The Labute approximate surface area is 105 Å². The van der Waals surface area contributed by atoms with Crippen LogP contribution in [0.4, 0.5) is 0 Å². The quantitative estimate of drug-likeness (QED) is 0.609. The number of ether oxygens (including phenoxy) is 1. The Kier molecular flexibility index (Phi) is 3.53. The molecule has 90 valence electrons. The molecule has 0 bridgehead atoms. The maximum Gasteiger partial charge on any atom is 0.193 e. The zero-order chi connectivity index (χ0) is 13.0. The van der Waals surface area contributed by atoms with Crippen molar-refractivity contribution in [2.24, 2.45) is 0 Å². The molecular weight excluding hydrogens is 228 g/mol. The van der Waals surface area contributed by atoms with E-state index >= 15 is 0 Å². The molecular formula is C15H12O3. The molecule has 0 amide bonds. The predicted molar refractivity (Wildman–Crippen MR) is 68.3 cm³/mol. The zero-order valence-corrected chi connectivity index (χ0v) is 9.92. The van der Waals surface area contributed by atoms with Gasteiger partial charge in [0.2, 0.25) is 0 Å². The van der Waals surface area contributed by atoms with E-state index in [1.807, 2.05) is 0 Å². The first-order valence-corrected chi connectivity index (χ1v) is 5.49. The Morgan fingerprint density at radius 3 is 2.33 bits per heavy atom. The van der Waals surface area contributed by atoms with E-state index < -0.39 is 0 Å². The van der Waals surface area contributed by atoms with Crippen molar-refractivity contribution >= 4 is 12.1 Å². The fourth-order valence-corrected chi connectivity index (χ4v) is 1.70. The normalized spacial score (nSPS) is 9.83. The monoisotopic (exact) mass is 240 g/mol. The molecule has 0 atom stereocenters. The maximum absolute atomic E-state index is 12.2. The van der Waals surface area contributed by atoms with E-state index in [4.69, 9.17) is 4.74 Å². The second-order valence-corrected chi connectivity index (χ2v) is 3.76. The minimum Gasteiger partial charge on any atom is -0.497 e. The summed E-state index contributed by atoms with van der Waals surface area (Å²) in [6.45, 7) is 0. The third kappa shape index (κ3) is 2.30. The van der Waals surface area contributed by atoms with Gasteiger partial charge in [-0.1, -0.05) is 24.3 Å². The predicted octanol–water partition coefficient (Wildman–Crippen LogP) is 2.74. The van der Waals surface area contributed by atoms with Gasteiger partial charge in [0.25, 0.3) is 0 Å². The first-order chi connectivity index (χ1) is 8.76. The minimum atomic E-state index is -0.166. The molecule has 3 heteroatoms. The lowest BCUT2D eigenvalue weighted by Gasteiger charge is -2.05. The van der Waals surface area contributed by atoms with E-state index in [1.165, 1.54) is 0 Å². The van der Waals surface area contributed by atoms with E-state index in [0.29, 0.717) is 28.7 Å². The lowest BCUT2D eigenvalue weighted by Crippen LogP contribution is -2.04. The van der Waals surface area contributed by atoms with Gasteiger partial charge in [-0.3, -0.25) is 9.59 Å². The minimum absolute atomic E-state index is 0.166. The van der Waals surface area contributed by atoms with Gasteiger partial charge in [-0.15, -0.1) is 0 Å². The van der Waals surface area contributed by atoms with Crippen LogP contribution in [0, 0.1) is 0 Å². The van der Waals surface area contributed by atoms with Crippen molar-refractivity contribution in [3.8, 4) is 5.75 Å². The van der Waals surface area contributed by atoms with Gasteiger partial charge in [0.1, 0.15) is 5.75 Å². The van der Waals surface area contributed by atoms with E-state index in [1.54, 1.807) is 55.6 Å². The number of hydrogen-bond acceptors (Lipinski definition) is 3. The van der Waals surface area contributed by atoms with Crippen LogP contribution < -0.4 is 4.74 Å². The highest BCUT2D eigenvalue weighted by Crippen LogP contribution is 2.16. The summed E-state index contributed by atoms with van der Waals surface area (Å²) in [7, 11) is 1.57. The van der Waals surface area contributed by atoms with Crippen molar-refractivity contribution in [2.75, 3.05) is 7.11 Å².